The van der Waals surface area contributed by atoms with Gasteiger partial charge in [0.15, 0.2) is 11.5 Å². The Hall–Kier alpha value is -2.07. The molecular weight excluding hydrogens is 257 g/mol. The fourth-order valence-electron chi connectivity index (χ4n) is 2.22. The number of ether oxygens (including phenoxy) is 2. The number of hydrogen-bond donors (Lipinski definition) is 1. The highest BCUT2D eigenvalue weighted by Gasteiger charge is 2.13. The van der Waals surface area contributed by atoms with Crippen LogP contribution >= 0.6 is 0 Å². The monoisotopic (exact) mass is 273 g/mol. The summed E-state index contributed by atoms with van der Waals surface area (Å²) < 4.78 is 23.8. The van der Waals surface area contributed by atoms with Gasteiger partial charge in [0.1, 0.15) is 5.82 Å². The Morgan fingerprint density at radius 2 is 2.00 bits per heavy atom. The lowest BCUT2D eigenvalue weighted by Crippen LogP contribution is -2.18. The molecule has 1 heterocycles. The zero-order chi connectivity index (χ0) is 13.9. The first-order valence-electron chi connectivity index (χ1n) is 6.60. The van der Waals surface area contributed by atoms with Gasteiger partial charge in [0.2, 0.25) is 6.79 Å². The molecule has 3 rings (SSSR count). The van der Waals surface area contributed by atoms with E-state index in [1.165, 1.54) is 6.07 Å². The topological polar surface area (TPSA) is 30.5 Å². The molecule has 0 spiro atoms. The number of fused-ring (bicyclic) bond motifs is 1. The van der Waals surface area contributed by atoms with Crippen molar-refractivity contribution in [1.29, 1.82) is 0 Å². The van der Waals surface area contributed by atoms with Crippen LogP contribution in [0.25, 0.3) is 0 Å². The second kappa shape index (κ2) is 5.51. The first-order chi connectivity index (χ1) is 9.72. The average molecular weight is 273 g/mol. The second-order valence-corrected chi connectivity index (χ2v) is 4.85. The SMILES string of the molecule is CC(NCc1ccc2c(c1)OCO2)c1cccc(F)c1. The van der Waals surface area contributed by atoms with Crippen molar-refractivity contribution in [2.75, 3.05) is 6.79 Å². The van der Waals surface area contributed by atoms with Gasteiger partial charge < -0.3 is 14.8 Å². The van der Waals surface area contributed by atoms with E-state index in [2.05, 4.69) is 5.32 Å². The van der Waals surface area contributed by atoms with E-state index >= 15 is 0 Å². The van der Waals surface area contributed by atoms with Crippen molar-refractivity contribution in [2.24, 2.45) is 0 Å². The molecule has 1 N–H and O–H groups in total. The molecule has 3 nitrogen and oxygen atoms in total. The summed E-state index contributed by atoms with van der Waals surface area (Å²) >= 11 is 0. The zero-order valence-corrected chi connectivity index (χ0v) is 11.2. The minimum absolute atomic E-state index is 0.0797. The van der Waals surface area contributed by atoms with Gasteiger partial charge >= 0.3 is 0 Å². The molecule has 104 valence electrons. The van der Waals surface area contributed by atoms with Gasteiger partial charge in [-0.25, -0.2) is 4.39 Å². The van der Waals surface area contributed by atoms with Crippen LogP contribution < -0.4 is 14.8 Å². The fraction of sp³-hybridized carbons (Fsp3) is 0.250. The molecule has 0 saturated carbocycles. The molecule has 0 aromatic heterocycles. The Balaban J connectivity index is 1.64. The molecule has 2 aromatic rings. The first kappa shape index (κ1) is 12.9. The quantitative estimate of drug-likeness (QED) is 0.926. The van der Waals surface area contributed by atoms with E-state index in [-0.39, 0.29) is 18.7 Å². The summed E-state index contributed by atoms with van der Waals surface area (Å²) in [6, 6.07) is 12.6. The van der Waals surface area contributed by atoms with Crippen molar-refractivity contribution in [3.8, 4) is 11.5 Å². The molecule has 2 aromatic carbocycles. The van der Waals surface area contributed by atoms with Crippen LogP contribution in [0, 0.1) is 5.82 Å². The molecule has 0 aliphatic carbocycles. The van der Waals surface area contributed by atoms with Crippen LogP contribution in [0.3, 0.4) is 0 Å². The molecule has 1 aliphatic heterocycles. The van der Waals surface area contributed by atoms with E-state index in [1.807, 2.05) is 31.2 Å². The Morgan fingerprint density at radius 3 is 2.85 bits per heavy atom. The molecule has 0 radical (unpaired) electrons. The maximum Gasteiger partial charge on any atom is 0.231 e. The highest BCUT2D eigenvalue weighted by Crippen LogP contribution is 2.32. The zero-order valence-electron chi connectivity index (χ0n) is 11.2. The van der Waals surface area contributed by atoms with Gasteiger partial charge in [0.25, 0.3) is 0 Å². The summed E-state index contributed by atoms with van der Waals surface area (Å²) in [5.74, 6) is 1.36. The van der Waals surface area contributed by atoms with Crippen molar-refractivity contribution in [3.05, 3.63) is 59.4 Å². The van der Waals surface area contributed by atoms with Gasteiger partial charge in [-0.15, -0.1) is 0 Å². The molecular formula is C16H16FNO2. The lowest BCUT2D eigenvalue weighted by atomic mass is 10.1. The molecule has 1 atom stereocenters. The van der Waals surface area contributed by atoms with E-state index < -0.39 is 0 Å². The molecule has 0 bridgehead atoms. The summed E-state index contributed by atoms with van der Waals surface area (Å²) in [7, 11) is 0. The first-order valence-corrected chi connectivity index (χ1v) is 6.60. The molecule has 20 heavy (non-hydrogen) atoms. The maximum absolute atomic E-state index is 13.2. The van der Waals surface area contributed by atoms with Gasteiger partial charge in [0.05, 0.1) is 0 Å². The summed E-state index contributed by atoms with van der Waals surface area (Å²) in [5, 5.41) is 3.37. The molecule has 0 saturated heterocycles. The minimum Gasteiger partial charge on any atom is -0.454 e. The van der Waals surface area contributed by atoms with Gasteiger partial charge in [0, 0.05) is 12.6 Å². The number of halogens is 1. The molecule has 1 unspecified atom stereocenters. The number of benzene rings is 2. The van der Waals surface area contributed by atoms with Crippen LogP contribution in [0.15, 0.2) is 42.5 Å². The summed E-state index contributed by atoms with van der Waals surface area (Å²) in [4.78, 5) is 0. The fourth-order valence-corrected chi connectivity index (χ4v) is 2.22. The van der Waals surface area contributed by atoms with Gasteiger partial charge in [-0.05, 0) is 42.3 Å². The second-order valence-electron chi connectivity index (χ2n) is 4.85. The predicted octanol–water partition coefficient (Wildman–Crippen LogP) is 3.41. The lowest BCUT2D eigenvalue weighted by Gasteiger charge is -2.14. The Morgan fingerprint density at radius 1 is 1.15 bits per heavy atom. The largest absolute Gasteiger partial charge is 0.454 e. The van der Waals surface area contributed by atoms with Crippen molar-refractivity contribution in [3.63, 3.8) is 0 Å². The van der Waals surface area contributed by atoms with Crippen LogP contribution in [0.4, 0.5) is 4.39 Å². The third-order valence-electron chi connectivity index (χ3n) is 3.40. The third-order valence-corrected chi connectivity index (χ3v) is 3.40. The smallest absolute Gasteiger partial charge is 0.231 e. The van der Waals surface area contributed by atoms with E-state index in [0.29, 0.717) is 6.54 Å². The molecule has 4 heteroatoms. The molecule has 0 amide bonds. The van der Waals surface area contributed by atoms with Crippen LogP contribution in [0.5, 0.6) is 11.5 Å². The average Bonchev–Trinajstić information content (AvgIpc) is 2.92. The van der Waals surface area contributed by atoms with Crippen LogP contribution in [0.2, 0.25) is 0 Å². The third kappa shape index (κ3) is 2.75. The number of nitrogens with one attached hydrogen (secondary N) is 1. The van der Waals surface area contributed by atoms with E-state index in [4.69, 9.17) is 9.47 Å². The van der Waals surface area contributed by atoms with Crippen LogP contribution in [-0.4, -0.2) is 6.79 Å². The van der Waals surface area contributed by atoms with Crippen LogP contribution in [-0.2, 0) is 6.54 Å². The molecule has 0 fully saturated rings. The Kier molecular flexibility index (Phi) is 3.56. The lowest BCUT2D eigenvalue weighted by molar-refractivity contribution is 0.174. The summed E-state index contributed by atoms with van der Waals surface area (Å²) in [6.45, 7) is 2.99. The predicted molar refractivity (Wildman–Crippen MR) is 74.2 cm³/mol. The van der Waals surface area contributed by atoms with Gasteiger partial charge in [-0.2, -0.15) is 0 Å². The van der Waals surface area contributed by atoms with Gasteiger partial charge in [-0.3, -0.25) is 0 Å². The van der Waals surface area contributed by atoms with Gasteiger partial charge in [-0.1, -0.05) is 18.2 Å². The maximum atomic E-state index is 13.2. The standard InChI is InChI=1S/C16H16FNO2/c1-11(13-3-2-4-14(17)8-13)18-9-12-5-6-15-16(7-12)20-10-19-15/h2-8,11,18H,9-10H2,1H3. The summed E-state index contributed by atoms with van der Waals surface area (Å²) in [5.41, 5.74) is 2.04. The highest BCUT2D eigenvalue weighted by molar-refractivity contribution is 5.44. The number of rotatable bonds is 4. The molecule has 1 aliphatic rings. The van der Waals surface area contributed by atoms with Crippen LogP contribution in [0.1, 0.15) is 24.1 Å². The van der Waals surface area contributed by atoms with Crippen molar-refractivity contribution in [1.82, 2.24) is 5.32 Å². The van der Waals surface area contributed by atoms with E-state index in [0.717, 1.165) is 22.6 Å². The summed E-state index contributed by atoms with van der Waals surface area (Å²) in [6.07, 6.45) is 0. The Labute approximate surface area is 117 Å². The minimum atomic E-state index is -0.209. The van der Waals surface area contributed by atoms with Crippen molar-refractivity contribution in [2.45, 2.75) is 19.5 Å². The van der Waals surface area contributed by atoms with E-state index in [9.17, 15) is 4.39 Å². The number of hydrogen-bond acceptors (Lipinski definition) is 3. The normalized spacial score (nSPS) is 14.3. The van der Waals surface area contributed by atoms with E-state index in [1.54, 1.807) is 12.1 Å². The highest BCUT2D eigenvalue weighted by atomic mass is 19.1. The van der Waals surface area contributed by atoms with Crippen molar-refractivity contribution < 1.29 is 13.9 Å². The Bertz CT molecular complexity index is 615. The van der Waals surface area contributed by atoms with Crippen molar-refractivity contribution >= 4 is 0 Å².